The molecule has 0 fully saturated rings. The maximum atomic E-state index is 12.0. The van der Waals surface area contributed by atoms with Crippen LogP contribution in [-0.2, 0) is 7.05 Å². The van der Waals surface area contributed by atoms with E-state index in [0.717, 1.165) is 15.4 Å². The van der Waals surface area contributed by atoms with Gasteiger partial charge < -0.3 is 5.32 Å². The first-order valence-corrected chi connectivity index (χ1v) is 6.57. The molecular weight excluding hydrogens is 296 g/mol. The maximum Gasteiger partial charge on any atom is 0.351 e. The fourth-order valence-corrected chi connectivity index (χ4v) is 1.93. The standard InChI is InChI=1S/C13H13ClN4O3/c1-3-15-12(20)9-6-8(4-5-10(9)14)18-13(21)17(2)11(19)7-16-18/h4-7H,3H2,1-2H3,(H,15,20). The predicted octanol–water partition coefficient (Wildman–Crippen LogP) is 0.334. The number of nitrogens with one attached hydrogen (secondary N) is 1. The lowest BCUT2D eigenvalue weighted by atomic mass is 10.2. The second-order valence-corrected chi connectivity index (χ2v) is 4.67. The van der Waals surface area contributed by atoms with Crippen molar-refractivity contribution in [1.29, 1.82) is 0 Å². The lowest BCUT2D eigenvalue weighted by molar-refractivity contribution is 0.0956. The fourth-order valence-electron chi connectivity index (χ4n) is 1.73. The number of amides is 1. The summed E-state index contributed by atoms with van der Waals surface area (Å²) in [6.45, 7) is 2.24. The van der Waals surface area contributed by atoms with Crippen molar-refractivity contribution in [3.63, 3.8) is 0 Å². The summed E-state index contributed by atoms with van der Waals surface area (Å²) < 4.78 is 1.95. The Morgan fingerprint density at radius 2 is 2.10 bits per heavy atom. The third-order valence-electron chi connectivity index (χ3n) is 2.86. The minimum Gasteiger partial charge on any atom is -0.352 e. The molecule has 0 saturated carbocycles. The van der Waals surface area contributed by atoms with E-state index in [9.17, 15) is 14.4 Å². The summed E-state index contributed by atoms with van der Waals surface area (Å²) in [7, 11) is 1.35. The molecule has 1 amide bonds. The zero-order valence-corrected chi connectivity index (χ0v) is 12.2. The summed E-state index contributed by atoms with van der Waals surface area (Å²) in [6.07, 6.45) is 1.03. The minimum atomic E-state index is -0.605. The minimum absolute atomic E-state index is 0.235. The highest BCUT2D eigenvalue weighted by Gasteiger charge is 2.13. The van der Waals surface area contributed by atoms with E-state index in [-0.39, 0.29) is 16.5 Å². The topological polar surface area (TPSA) is 86.0 Å². The molecule has 1 aromatic carbocycles. The second-order valence-electron chi connectivity index (χ2n) is 4.26. The molecule has 0 spiro atoms. The molecule has 21 heavy (non-hydrogen) atoms. The molecule has 2 aromatic rings. The number of carbonyl (C=O) groups is 1. The Hall–Kier alpha value is -2.41. The monoisotopic (exact) mass is 308 g/mol. The average molecular weight is 309 g/mol. The molecule has 1 N–H and O–H groups in total. The van der Waals surface area contributed by atoms with Crippen LogP contribution in [0.4, 0.5) is 0 Å². The summed E-state index contributed by atoms with van der Waals surface area (Å²) in [5.41, 5.74) is -0.527. The largest absolute Gasteiger partial charge is 0.352 e. The van der Waals surface area contributed by atoms with Gasteiger partial charge in [-0.05, 0) is 25.1 Å². The number of hydrogen-bond donors (Lipinski definition) is 1. The first-order valence-electron chi connectivity index (χ1n) is 6.19. The molecule has 1 heterocycles. The molecule has 0 atom stereocenters. The van der Waals surface area contributed by atoms with Gasteiger partial charge in [0.15, 0.2) is 0 Å². The summed E-state index contributed by atoms with van der Waals surface area (Å²) in [4.78, 5) is 35.2. The van der Waals surface area contributed by atoms with Gasteiger partial charge >= 0.3 is 5.69 Å². The van der Waals surface area contributed by atoms with Crippen molar-refractivity contribution in [2.24, 2.45) is 7.05 Å². The van der Waals surface area contributed by atoms with Crippen LogP contribution in [0, 0.1) is 0 Å². The van der Waals surface area contributed by atoms with Crippen LogP contribution in [0.25, 0.3) is 5.69 Å². The fraction of sp³-hybridized carbons (Fsp3) is 0.231. The molecule has 8 heteroatoms. The van der Waals surface area contributed by atoms with Crippen molar-refractivity contribution in [1.82, 2.24) is 19.7 Å². The van der Waals surface area contributed by atoms with Crippen LogP contribution in [0.1, 0.15) is 17.3 Å². The third kappa shape index (κ3) is 2.87. The van der Waals surface area contributed by atoms with E-state index < -0.39 is 11.2 Å². The molecule has 110 valence electrons. The van der Waals surface area contributed by atoms with Crippen molar-refractivity contribution in [3.8, 4) is 5.69 Å². The van der Waals surface area contributed by atoms with Gasteiger partial charge in [-0.1, -0.05) is 11.6 Å². The van der Waals surface area contributed by atoms with Crippen LogP contribution in [0.2, 0.25) is 5.02 Å². The average Bonchev–Trinajstić information content (AvgIpc) is 2.46. The van der Waals surface area contributed by atoms with Crippen LogP contribution in [-0.4, -0.2) is 26.8 Å². The molecular formula is C13H13ClN4O3. The molecule has 0 radical (unpaired) electrons. The van der Waals surface area contributed by atoms with Gasteiger partial charge in [-0.3, -0.25) is 14.2 Å². The molecule has 0 aliphatic carbocycles. The highest BCUT2D eigenvalue weighted by Crippen LogP contribution is 2.18. The van der Waals surface area contributed by atoms with Crippen LogP contribution in [0.3, 0.4) is 0 Å². The quantitative estimate of drug-likeness (QED) is 0.885. The number of aromatic nitrogens is 3. The molecule has 0 unspecified atom stereocenters. The van der Waals surface area contributed by atoms with E-state index in [2.05, 4.69) is 10.4 Å². The number of carbonyl (C=O) groups excluding carboxylic acids is 1. The molecule has 0 saturated heterocycles. The first-order chi connectivity index (χ1) is 9.95. The van der Waals surface area contributed by atoms with Crippen molar-refractivity contribution in [2.75, 3.05) is 6.54 Å². The molecule has 7 nitrogen and oxygen atoms in total. The Bertz CT molecular complexity index is 810. The molecule has 0 aliphatic heterocycles. The van der Waals surface area contributed by atoms with E-state index in [1.807, 2.05) is 0 Å². The summed E-state index contributed by atoms with van der Waals surface area (Å²) in [5.74, 6) is -0.345. The lowest BCUT2D eigenvalue weighted by Gasteiger charge is -2.09. The summed E-state index contributed by atoms with van der Waals surface area (Å²) >= 11 is 5.99. The van der Waals surface area contributed by atoms with Crippen LogP contribution >= 0.6 is 11.6 Å². The molecule has 0 bridgehead atoms. The third-order valence-corrected chi connectivity index (χ3v) is 3.19. The SMILES string of the molecule is CCNC(=O)c1cc(-n2ncc(=O)n(C)c2=O)ccc1Cl. The van der Waals surface area contributed by atoms with Crippen LogP contribution in [0.5, 0.6) is 0 Å². The number of benzene rings is 1. The smallest absolute Gasteiger partial charge is 0.351 e. The molecule has 1 aromatic heterocycles. The van der Waals surface area contributed by atoms with Crippen molar-refractivity contribution < 1.29 is 4.79 Å². The number of halogens is 1. The summed E-state index contributed by atoms with van der Waals surface area (Å²) in [6, 6.07) is 4.50. The number of nitrogens with zero attached hydrogens (tertiary/aromatic N) is 3. The number of hydrogen-bond acceptors (Lipinski definition) is 4. The van der Waals surface area contributed by atoms with Crippen LogP contribution < -0.4 is 16.6 Å². The lowest BCUT2D eigenvalue weighted by Crippen LogP contribution is -2.38. The van der Waals surface area contributed by atoms with Gasteiger partial charge in [-0.2, -0.15) is 9.78 Å². The van der Waals surface area contributed by atoms with Crippen molar-refractivity contribution in [2.45, 2.75) is 6.92 Å². The highest BCUT2D eigenvalue weighted by molar-refractivity contribution is 6.33. The normalized spacial score (nSPS) is 10.4. The second kappa shape index (κ2) is 5.92. The van der Waals surface area contributed by atoms with Crippen LogP contribution in [0.15, 0.2) is 34.0 Å². The zero-order chi connectivity index (χ0) is 15.6. The Morgan fingerprint density at radius 3 is 2.76 bits per heavy atom. The zero-order valence-electron chi connectivity index (χ0n) is 11.5. The van der Waals surface area contributed by atoms with Gasteiger partial charge in [-0.15, -0.1) is 0 Å². The van der Waals surface area contributed by atoms with E-state index in [1.54, 1.807) is 13.0 Å². The Balaban J connectivity index is 2.59. The summed E-state index contributed by atoms with van der Waals surface area (Å²) in [5, 5.41) is 6.68. The predicted molar refractivity (Wildman–Crippen MR) is 78.1 cm³/mol. The Kier molecular flexibility index (Phi) is 4.23. The van der Waals surface area contributed by atoms with Crippen molar-refractivity contribution >= 4 is 17.5 Å². The van der Waals surface area contributed by atoms with E-state index in [1.165, 1.54) is 19.2 Å². The van der Waals surface area contributed by atoms with E-state index >= 15 is 0 Å². The first kappa shape index (κ1) is 15.0. The van der Waals surface area contributed by atoms with E-state index in [4.69, 9.17) is 11.6 Å². The van der Waals surface area contributed by atoms with Gasteiger partial charge in [-0.25, -0.2) is 4.79 Å². The number of rotatable bonds is 3. The van der Waals surface area contributed by atoms with Gasteiger partial charge in [0.1, 0.15) is 6.20 Å². The highest BCUT2D eigenvalue weighted by atomic mass is 35.5. The van der Waals surface area contributed by atoms with Gasteiger partial charge in [0.25, 0.3) is 11.5 Å². The van der Waals surface area contributed by atoms with Gasteiger partial charge in [0.2, 0.25) is 0 Å². The van der Waals surface area contributed by atoms with Crippen molar-refractivity contribution in [3.05, 3.63) is 55.8 Å². The van der Waals surface area contributed by atoms with E-state index in [0.29, 0.717) is 12.2 Å². The Morgan fingerprint density at radius 1 is 1.38 bits per heavy atom. The maximum absolute atomic E-state index is 12.0. The Labute approximate surface area is 124 Å². The van der Waals surface area contributed by atoms with Gasteiger partial charge in [0.05, 0.1) is 16.3 Å². The van der Waals surface area contributed by atoms with Gasteiger partial charge in [0, 0.05) is 13.6 Å². The molecule has 2 rings (SSSR count). The molecule has 0 aliphatic rings.